The van der Waals surface area contributed by atoms with E-state index in [-0.39, 0.29) is 18.9 Å². The van der Waals surface area contributed by atoms with Gasteiger partial charge in [0.05, 0.1) is 24.2 Å². The predicted molar refractivity (Wildman–Crippen MR) is 100 cm³/mol. The van der Waals surface area contributed by atoms with Gasteiger partial charge < -0.3 is 9.84 Å². The summed E-state index contributed by atoms with van der Waals surface area (Å²) in [5.41, 5.74) is 4.27. The van der Waals surface area contributed by atoms with Crippen molar-refractivity contribution >= 4 is 22.4 Å². The molecule has 0 unspecified atom stereocenters. The number of hydrogen-bond acceptors (Lipinski definition) is 4. The summed E-state index contributed by atoms with van der Waals surface area (Å²) in [5, 5.41) is 11.2. The molecule has 0 atom stereocenters. The molecule has 5 heteroatoms. The molecule has 0 radical (unpaired) electrons. The maximum Gasteiger partial charge on any atom is 0.359 e. The van der Waals surface area contributed by atoms with Crippen molar-refractivity contribution in [3.8, 4) is 11.1 Å². The van der Waals surface area contributed by atoms with Crippen LogP contribution < -0.4 is 0 Å². The summed E-state index contributed by atoms with van der Waals surface area (Å²) in [6.45, 7) is 1.82. The smallest absolute Gasteiger partial charge is 0.359 e. The average molecular weight is 346 g/mol. The zero-order valence-electron chi connectivity index (χ0n) is 14.3. The summed E-state index contributed by atoms with van der Waals surface area (Å²) in [6, 6.07) is 17.8. The van der Waals surface area contributed by atoms with E-state index in [1.807, 2.05) is 59.0 Å². The van der Waals surface area contributed by atoms with Crippen LogP contribution in [0.15, 0.2) is 60.9 Å². The fraction of sp³-hybridized carbons (Fsp3) is 0.143. The number of carbonyl (C=O) groups is 1. The molecule has 2 heterocycles. The van der Waals surface area contributed by atoms with Crippen molar-refractivity contribution in [3.63, 3.8) is 0 Å². The van der Waals surface area contributed by atoms with Gasteiger partial charge in [-0.1, -0.05) is 48.5 Å². The van der Waals surface area contributed by atoms with Gasteiger partial charge in [0, 0.05) is 10.9 Å². The van der Waals surface area contributed by atoms with Crippen LogP contribution in [0.4, 0.5) is 0 Å². The first-order chi connectivity index (χ1) is 12.8. The largest absolute Gasteiger partial charge is 0.461 e. The minimum atomic E-state index is -0.487. The van der Waals surface area contributed by atoms with E-state index in [4.69, 9.17) is 4.74 Å². The molecule has 0 spiro atoms. The van der Waals surface area contributed by atoms with Crippen LogP contribution in [0.2, 0.25) is 0 Å². The number of esters is 1. The van der Waals surface area contributed by atoms with Crippen molar-refractivity contribution in [1.29, 1.82) is 0 Å². The van der Waals surface area contributed by atoms with Crippen LogP contribution in [-0.4, -0.2) is 27.1 Å². The lowest BCUT2D eigenvalue weighted by Gasteiger charge is -2.16. The summed E-state index contributed by atoms with van der Waals surface area (Å²) in [4.78, 5) is 16.7. The van der Waals surface area contributed by atoms with E-state index in [0.29, 0.717) is 11.1 Å². The lowest BCUT2D eigenvalue weighted by Crippen LogP contribution is -2.08. The Kier molecular flexibility index (Phi) is 4.14. The molecule has 0 amide bonds. The van der Waals surface area contributed by atoms with Crippen LogP contribution in [0.1, 0.15) is 23.0 Å². The second kappa shape index (κ2) is 6.61. The maximum atomic E-state index is 12.4. The Morgan fingerprint density at radius 1 is 1.12 bits per heavy atom. The topological polar surface area (TPSA) is 63.8 Å². The molecular formula is C21H18N2O3. The fourth-order valence-electron chi connectivity index (χ4n) is 3.43. The number of aliphatic hydroxyl groups excluding tert-OH is 1. The molecule has 4 rings (SSSR count). The molecule has 0 aliphatic rings. The Bertz CT molecular complexity index is 1100. The van der Waals surface area contributed by atoms with E-state index in [0.717, 1.165) is 22.0 Å². The van der Waals surface area contributed by atoms with Crippen molar-refractivity contribution < 1.29 is 14.6 Å². The number of nitrogens with zero attached hydrogens (tertiary/aromatic N) is 2. The number of ether oxygens (including phenoxy) is 1. The van der Waals surface area contributed by atoms with E-state index < -0.39 is 5.97 Å². The molecule has 5 nitrogen and oxygen atoms in total. The molecule has 0 bridgehead atoms. The van der Waals surface area contributed by atoms with Crippen molar-refractivity contribution in [1.82, 2.24) is 9.38 Å². The average Bonchev–Trinajstić information content (AvgIpc) is 3.13. The first kappa shape index (κ1) is 16.3. The summed E-state index contributed by atoms with van der Waals surface area (Å²) in [7, 11) is 0. The van der Waals surface area contributed by atoms with E-state index in [2.05, 4.69) is 4.98 Å². The number of rotatable bonds is 4. The van der Waals surface area contributed by atoms with Crippen LogP contribution in [0.3, 0.4) is 0 Å². The van der Waals surface area contributed by atoms with Gasteiger partial charge in [-0.25, -0.2) is 9.78 Å². The Hall–Kier alpha value is -3.18. The van der Waals surface area contributed by atoms with Gasteiger partial charge in [0.25, 0.3) is 0 Å². The summed E-state index contributed by atoms with van der Waals surface area (Å²) >= 11 is 0. The highest BCUT2D eigenvalue weighted by Gasteiger charge is 2.23. The third kappa shape index (κ3) is 2.45. The quantitative estimate of drug-likeness (QED) is 0.571. The van der Waals surface area contributed by atoms with Crippen molar-refractivity contribution in [2.45, 2.75) is 13.5 Å². The minimum absolute atomic E-state index is 0.212. The number of benzene rings is 2. The van der Waals surface area contributed by atoms with E-state index in [9.17, 15) is 9.90 Å². The molecule has 4 aromatic rings. The second-order valence-corrected chi connectivity index (χ2v) is 5.93. The van der Waals surface area contributed by atoms with Crippen molar-refractivity contribution in [2.24, 2.45) is 0 Å². The Labute approximate surface area is 150 Å². The molecule has 0 aliphatic carbocycles. The maximum absolute atomic E-state index is 12.4. The van der Waals surface area contributed by atoms with Gasteiger partial charge in [0.1, 0.15) is 6.33 Å². The second-order valence-electron chi connectivity index (χ2n) is 5.93. The Balaban J connectivity index is 2.17. The third-order valence-electron chi connectivity index (χ3n) is 4.48. The molecule has 0 saturated heterocycles. The van der Waals surface area contributed by atoms with Crippen LogP contribution in [0.5, 0.6) is 0 Å². The van der Waals surface area contributed by atoms with Gasteiger partial charge in [-0.2, -0.15) is 0 Å². The molecule has 2 aromatic heterocycles. The number of hydrogen-bond donors (Lipinski definition) is 1. The standard InChI is InChI=1S/C21H18N2O3/c1-2-26-21(25)19-20-16(12-24)18(14-8-4-3-5-9-14)15-10-6-7-11-17(15)23(20)13-22-19/h3-11,13,24H,2,12H2,1H3. The highest BCUT2D eigenvalue weighted by molar-refractivity contribution is 6.05. The zero-order valence-corrected chi connectivity index (χ0v) is 14.3. The predicted octanol–water partition coefficient (Wildman–Crippen LogP) is 3.82. The number of aromatic nitrogens is 2. The first-order valence-electron chi connectivity index (χ1n) is 8.50. The highest BCUT2D eigenvalue weighted by atomic mass is 16.5. The Morgan fingerprint density at radius 3 is 2.58 bits per heavy atom. The molecule has 0 fully saturated rings. The molecule has 1 N–H and O–H groups in total. The first-order valence-corrected chi connectivity index (χ1v) is 8.50. The normalized spacial score (nSPS) is 11.2. The lowest BCUT2D eigenvalue weighted by molar-refractivity contribution is 0.0522. The minimum Gasteiger partial charge on any atom is -0.461 e. The highest BCUT2D eigenvalue weighted by Crippen LogP contribution is 2.36. The zero-order chi connectivity index (χ0) is 18.1. The number of carbonyl (C=O) groups excluding carboxylic acids is 1. The SMILES string of the molecule is CCOC(=O)c1ncn2c1c(CO)c(-c1ccccc1)c1ccccc12. The fourth-order valence-corrected chi connectivity index (χ4v) is 3.43. The van der Waals surface area contributed by atoms with Crippen LogP contribution in [-0.2, 0) is 11.3 Å². The van der Waals surface area contributed by atoms with Crippen LogP contribution >= 0.6 is 0 Å². The number of imidazole rings is 1. The van der Waals surface area contributed by atoms with E-state index in [1.165, 1.54) is 0 Å². The van der Waals surface area contributed by atoms with Crippen molar-refractivity contribution in [3.05, 3.63) is 72.2 Å². The monoisotopic (exact) mass is 346 g/mol. The molecule has 130 valence electrons. The number of fused-ring (bicyclic) bond motifs is 3. The Morgan fingerprint density at radius 2 is 1.85 bits per heavy atom. The number of pyridine rings is 1. The number of aliphatic hydroxyl groups is 1. The number of para-hydroxylation sites is 1. The van der Waals surface area contributed by atoms with Crippen molar-refractivity contribution in [2.75, 3.05) is 6.61 Å². The lowest BCUT2D eigenvalue weighted by atomic mass is 9.94. The van der Waals surface area contributed by atoms with E-state index in [1.54, 1.807) is 13.3 Å². The van der Waals surface area contributed by atoms with Crippen LogP contribution in [0, 0.1) is 0 Å². The molecule has 26 heavy (non-hydrogen) atoms. The van der Waals surface area contributed by atoms with Gasteiger partial charge in [-0.05, 0) is 24.1 Å². The van der Waals surface area contributed by atoms with Gasteiger partial charge in [-0.3, -0.25) is 4.40 Å². The summed E-state index contributed by atoms with van der Waals surface area (Å²) < 4.78 is 7.00. The van der Waals surface area contributed by atoms with Crippen LogP contribution in [0.25, 0.3) is 27.5 Å². The molecule has 2 aromatic carbocycles. The summed E-state index contributed by atoms with van der Waals surface area (Å²) in [6.07, 6.45) is 1.61. The third-order valence-corrected chi connectivity index (χ3v) is 4.48. The molecule has 0 saturated carbocycles. The van der Waals surface area contributed by atoms with Gasteiger partial charge >= 0.3 is 5.97 Å². The molecule has 0 aliphatic heterocycles. The summed E-state index contributed by atoms with van der Waals surface area (Å²) in [5.74, 6) is -0.487. The van der Waals surface area contributed by atoms with E-state index >= 15 is 0 Å². The van der Waals surface area contributed by atoms with Gasteiger partial charge in [0.15, 0.2) is 5.69 Å². The molecular weight excluding hydrogens is 328 g/mol. The van der Waals surface area contributed by atoms with Gasteiger partial charge in [-0.15, -0.1) is 0 Å². The van der Waals surface area contributed by atoms with Gasteiger partial charge in [0.2, 0.25) is 0 Å².